The summed E-state index contributed by atoms with van der Waals surface area (Å²) in [6.07, 6.45) is 4.05. The molecule has 3 fully saturated rings. The van der Waals surface area contributed by atoms with Gasteiger partial charge in [-0.15, -0.1) is 0 Å². The van der Waals surface area contributed by atoms with Crippen molar-refractivity contribution < 1.29 is 4.79 Å². The van der Waals surface area contributed by atoms with Crippen LogP contribution in [-0.4, -0.2) is 44.0 Å². The van der Waals surface area contributed by atoms with E-state index in [4.69, 9.17) is 0 Å². The third-order valence-electron chi connectivity index (χ3n) is 8.75. The molecule has 180 valence electrons. The Balaban J connectivity index is 1.30. The van der Waals surface area contributed by atoms with Crippen LogP contribution in [0, 0.1) is 5.41 Å². The topological polar surface area (TPSA) is 26.8 Å². The molecule has 0 radical (unpaired) electrons. The van der Waals surface area contributed by atoms with Gasteiger partial charge >= 0.3 is 0 Å². The third kappa shape index (κ3) is 3.94. The van der Waals surface area contributed by atoms with E-state index in [1.165, 1.54) is 16.8 Å². The number of likely N-dealkylation sites (N-methyl/N-ethyl adjacent to an activating group) is 1. The highest BCUT2D eigenvalue weighted by molar-refractivity contribution is 6.00. The molecule has 1 aliphatic carbocycles. The van der Waals surface area contributed by atoms with Gasteiger partial charge in [0.2, 0.25) is 5.91 Å². The second-order valence-corrected chi connectivity index (χ2v) is 10.6. The Morgan fingerprint density at radius 3 is 1.94 bits per heavy atom. The lowest BCUT2D eigenvalue weighted by Crippen LogP contribution is -2.57. The smallest absolute Gasteiger partial charge is 0.234 e. The van der Waals surface area contributed by atoms with E-state index in [0.29, 0.717) is 11.8 Å². The normalized spacial score (nSPS) is 27.2. The molecule has 0 aromatic heterocycles. The highest BCUT2D eigenvalue weighted by Crippen LogP contribution is 2.60. The zero-order valence-corrected chi connectivity index (χ0v) is 20.6. The quantitative estimate of drug-likeness (QED) is 0.482. The van der Waals surface area contributed by atoms with Gasteiger partial charge in [0.25, 0.3) is 0 Å². The third-order valence-corrected chi connectivity index (χ3v) is 8.75. The Morgan fingerprint density at radius 2 is 1.31 bits per heavy atom. The summed E-state index contributed by atoms with van der Waals surface area (Å²) in [5.74, 6) is 0.631. The Labute approximate surface area is 209 Å². The standard InChI is InChI=1S/C31H35N3O/c1-32-20-22-33(23-21-32)26-14-12-25(13-15-26)29-17-19-31(18-16-28(31)24-8-4-2-5-9-24)30(35)34(29)27-10-6-3-7-11-27/h2-15,28-29H,16-23H2,1H3. The molecule has 0 bridgehead atoms. The molecule has 1 saturated carbocycles. The van der Waals surface area contributed by atoms with E-state index in [2.05, 4.69) is 88.5 Å². The van der Waals surface area contributed by atoms with Gasteiger partial charge in [-0.2, -0.15) is 0 Å². The fourth-order valence-corrected chi connectivity index (χ4v) is 6.55. The summed E-state index contributed by atoms with van der Waals surface area (Å²) in [4.78, 5) is 21.3. The van der Waals surface area contributed by atoms with E-state index in [0.717, 1.165) is 57.5 Å². The average molecular weight is 466 g/mol. The van der Waals surface area contributed by atoms with Gasteiger partial charge in [-0.3, -0.25) is 4.79 Å². The predicted molar refractivity (Wildman–Crippen MR) is 143 cm³/mol. The van der Waals surface area contributed by atoms with Crippen LogP contribution < -0.4 is 9.80 Å². The van der Waals surface area contributed by atoms with Crippen LogP contribution in [0.25, 0.3) is 0 Å². The molecule has 4 heteroatoms. The van der Waals surface area contributed by atoms with Crippen molar-refractivity contribution in [2.45, 2.75) is 37.6 Å². The van der Waals surface area contributed by atoms with Gasteiger partial charge < -0.3 is 14.7 Å². The number of piperazine rings is 1. The van der Waals surface area contributed by atoms with E-state index in [9.17, 15) is 4.79 Å². The predicted octanol–water partition coefficient (Wildman–Crippen LogP) is 5.87. The SMILES string of the molecule is CN1CCN(c2ccc(C3CCC4(CCC4c4ccccc4)C(=O)N3c3ccccc3)cc2)CC1. The molecule has 3 aromatic rings. The first-order valence-corrected chi connectivity index (χ1v) is 13.1. The van der Waals surface area contributed by atoms with Crippen molar-refractivity contribution in [2.75, 3.05) is 43.0 Å². The lowest BCUT2D eigenvalue weighted by molar-refractivity contribution is -0.139. The van der Waals surface area contributed by atoms with Crippen LogP contribution in [0.4, 0.5) is 11.4 Å². The number of carbonyl (C=O) groups excluding carboxylic acids is 1. The zero-order chi connectivity index (χ0) is 23.8. The Morgan fingerprint density at radius 1 is 0.686 bits per heavy atom. The average Bonchev–Trinajstić information content (AvgIpc) is 2.89. The van der Waals surface area contributed by atoms with Crippen molar-refractivity contribution in [3.63, 3.8) is 0 Å². The first-order chi connectivity index (χ1) is 17.2. The summed E-state index contributed by atoms with van der Waals surface area (Å²) in [5, 5.41) is 0. The van der Waals surface area contributed by atoms with Crippen molar-refractivity contribution in [1.29, 1.82) is 0 Å². The molecule has 1 amide bonds. The molecule has 1 spiro atoms. The molecule has 4 nitrogen and oxygen atoms in total. The number of hydrogen-bond donors (Lipinski definition) is 0. The Bertz CT molecular complexity index is 1150. The van der Waals surface area contributed by atoms with Crippen LogP contribution in [0.15, 0.2) is 84.9 Å². The largest absolute Gasteiger partial charge is 0.369 e. The van der Waals surface area contributed by atoms with Crippen LogP contribution in [-0.2, 0) is 4.79 Å². The van der Waals surface area contributed by atoms with E-state index in [-0.39, 0.29) is 11.5 Å². The van der Waals surface area contributed by atoms with Gasteiger partial charge in [0.05, 0.1) is 11.5 Å². The monoisotopic (exact) mass is 465 g/mol. The number of amides is 1. The fourth-order valence-electron chi connectivity index (χ4n) is 6.55. The van der Waals surface area contributed by atoms with Crippen molar-refractivity contribution in [1.82, 2.24) is 4.90 Å². The molecule has 2 aliphatic heterocycles. The number of hydrogen-bond acceptors (Lipinski definition) is 3. The molecular weight excluding hydrogens is 430 g/mol. The molecular formula is C31H35N3O. The maximum absolute atomic E-state index is 14.4. The van der Waals surface area contributed by atoms with Crippen LogP contribution >= 0.6 is 0 Å². The summed E-state index contributed by atoms with van der Waals surface area (Å²) in [5.41, 5.74) is 4.59. The minimum Gasteiger partial charge on any atom is -0.369 e. The van der Waals surface area contributed by atoms with E-state index in [1.54, 1.807) is 0 Å². The summed E-state index contributed by atoms with van der Waals surface area (Å²) in [6.45, 7) is 4.34. The lowest BCUT2D eigenvalue weighted by Gasteiger charge is -2.55. The van der Waals surface area contributed by atoms with Crippen LogP contribution in [0.3, 0.4) is 0 Å². The maximum atomic E-state index is 14.4. The molecule has 2 heterocycles. The molecule has 3 aliphatic rings. The molecule has 2 saturated heterocycles. The number of nitrogens with zero attached hydrogens (tertiary/aromatic N) is 3. The lowest BCUT2D eigenvalue weighted by atomic mass is 9.53. The first-order valence-electron chi connectivity index (χ1n) is 13.1. The summed E-state index contributed by atoms with van der Waals surface area (Å²) in [7, 11) is 2.19. The molecule has 3 aromatic carbocycles. The molecule has 3 atom stereocenters. The molecule has 35 heavy (non-hydrogen) atoms. The van der Waals surface area contributed by atoms with Gasteiger partial charge in [-0.05, 0) is 74.0 Å². The second-order valence-electron chi connectivity index (χ2n) is 10.6. The number of anilines is 2. The van der Waals surface area contributed by atoms with Crippen LogP contribution in [0.2, 0.25) is 0 Å². The first kappa shape index (κ1) is 22.4. The van der Waals surface area contributed by atoms with Gasteiger partial charge in [-0.1, -0.05) is 60.7 Å². The minimum absolute atomic E-state index is 0.0779. The van der Waals surface area contributed by atoms with Crippen molar-refractivity contribution >= 4 is 17.3 Å². The summed E-state index contributed by atoms with van der Waals surface area (Å²) in [6, 6.07) is 30.1. The van der Waals surface area contributed by atoms with Crippen molar-refractivity contribution in [3.8, 4) is 0 Å². The highest BCUT2D eigenvalue weighted by atomic mass is 16.2. The van der Waals surface area contributed by atoms with Gasteiger partial charge in [0.15, 0.2) is 0 Å². The number of para-hydroxylation sites is 1. The number of rotatable bonds is 4. The van der Waals surface area contributed by atoms with Gasteiger partial charge in [0, 0.05) is 37.6 Å². The Kier molecular flexibility index (Phi) is 5.85. The minimum atomic E-state index is -0.270. The molecule has 3 unspecified atom stereocenters. The number of piperidine rings is 1. The number of carbonyl (C=O) groups is 1. The maximum Gasteiger partial charge on any atom is 0.234 e. The molecule has 0 N–H and O–H groups in total. The van der Waals surface area contributed by atoms with Crippen molar-refractivity contribution in [3.05, 3.63) is 96.1 Å². The van der Waals surface area contributed by atoms with Crippen molar-refractivity contribution in [2.24, 2.45) is 5.41 Å². The van der Waals surface area contributed by atoms with E-state index < -0.39 is 0 Å². The summed E-state index contributed by atoms with van der Waals surface area (Å²) < 4.78 is 0. The van der Waals surface area contributed by atoms with E-state index in [1.807, 2.05) is 18.2 Å². The van der Waals surface area contributed by atoms with Gasteiger partial charge in [0.1, 0.15) is 0 Å². The number of benzene rings is 3. The fraction of sp³-hybridized carbons (Fsp3) is 0.387. The van der Waals surface area contributed by atoms with E-state index >= 15 is 0 Å². The van der Waals surface area contributed by atoms with Crippen LogP contribution in [0.5, 0.6) is 0 Å². The zero-order valence-electron chi connectivity index (χ0n) is 20.6. The highest BCUT2D eigenvalue weighted by Gasteiger charge is 2.57. The molecule has 6 rings (SSSR count). The second kappa shape index (κ2) is 9.16. The Hall–Kier alpha value is -3.11. The van der Waals surface area contributed by atoms with Crippen LogP contribution in [0.1, 0.15) is 48.8 Å². The summed E-state index contributed by atoms with van der Waals surface area (Å²) >= 11 is 0. The van der Waals surface area contributed by atoms with Gasteiger partial charge in [-0.25, -0.2) is 0 Å².